The van der Waals surface area contributed by atoms with Crippen molar-refractivity contribution in [3.8, 4) is 0 Å². The standard InChI is InChI=1S/C15H24N6O2/c1-10(2)14-18-15(23-19-14)16-9-12-13(20(3)7-8-22-12)11-5-6-17-21(11)4/h5-6,10,12-13H,7-9H2,1-4H3,(H,16,18,19)/t12-,13-/m0/s1. The highest BCUT2D eigenvalue weighted by Gasteiger charge is 2.33. The molecule has 0 amide bonds. The molecule has 0 saturated carbocycles. The Morgan fingerprint density at radius 1 is 1.39 bits per heavy atom. The van der Waals surface area contributed by atoms with E-state index in [2.05, 4.69) is 32.5 Å². The van der Waals surface area contributed by atoms with Crippen LogP contribution >= 0.6 is 0 Å². The Morgan fingerprint density at radius 3 is 2.87 bits per heavy atom. The number of hydrogen-bond acceptors (Lipinski definition) is 7. The molecule has 126 valence electrons. The molecule has 3 rings (SSSR count). The normalized spacial score (nSPS) is 22.7. The first-order chi connectivity index (χ1) is 11.1. The van der Waals surface area contributed by atoms with E-state index in [1.165, 1.54) is 0 Å². The zero-order valence-electron chi connectivity index (χ0n) is 14.1. The van der Waals surface area contributed by atoms with Crippen LogP contribution in [0.2, 0.25) is 0 Å². The summed E-state index contributed by atoms with van der Waals surface area (Å²) in [4.78, 5) is 6.63. The predicted molar refractivity (Wildman–Crippen MR) is 85.2 cm³/mol. The lowest BCUT2D eigenvalue weighted by molar-refractivity contribution is -0.0583. The summed E-state index contributed by atoms with van der Waals surface area (Å²) < 4.78 is 13.1. The van der Waals surface area contributed by atoms with Crippen molar-refractivity contribution in [3.63, 3.8) is 0 Å². The molecule has 8 heteroatoms. The molecular formula is C15H24N6O2. The molecule has 2 aromatic heterocycles. The minimum Gasteiger partial charge on any atom is -0.373 e. The number of nitrogens with one attached hydrogen (secondary N) is 1. The van der Waals surface area contributed by atoms with E-state index >= 15 is 0 Å². The quantitative estimate of drug-likeness (QED) is 0.892. The van der Waals surface area contributed by atoms with Crippen LogP contribution in [0.3, 0.4) is 0 Å². The van der Waals surface area contributed by atoms with Crippen LogP contribution in [0.5, 0.6) is 0 Å². The van der Waals surface area contributed by atoms with Gasteiger partial charge in [0.2, 0.25) is 0 Å². The van der Waals surface area contributed by atoms with Crippen molar-refractivity contribution >= 4 is 6.01 Å². The van der Waals surface area contributed by atoms with Crippen LogP contribution in [0.4, 0.5) is 6.01 Å². The van der Waals surface area contributed by atoms with Crippen molar-refractivity contribution in [2.75, 3.05) is 32.1 Å². The van der Waals surface area contributed by atoms with E-state index in [-0.39, 0.29) is 18.1 Å². The van der Waals surface area contributed by atoms with Gasteiger partial charge in [-0.3, -0.25) is 9.58 Å². The molecule has 1 aliphatic rings. The van der Waals surface area contributed by atoms with Crippen LogP contribution in [0.15, 0.2) is 16.8 Å². The number of aromatic nitrogens is 4. The SMILES string of the molecule is CC(C)c1noc(NC[C@@H]2OCCN(C)[C@H]2c2ccnn2C)n1. The van der Waals surface area contributed by atoms with Gasteiger partial charge in [-0.2, -0.15) is 10.1 Å². The Bertz CT molecular complexity index is 637. The fraction of sp³-hybridized carbons (Fsp3) is 0.667. The topological polar surface area (TPSA) is 81.2 Å². The Hall–Kier alpha value is -1.93. The van der Waals surface area contributed by atoms with Crippen LogP contribution in [-0.4, -0.2) is 57.7 Å². The molecular weight excluding hydrogens is 296 g/mol. The van der Waals surface area contributed by atoms with Gasteiger partial charge >= 0.3 is 6.01 Å². The van der Waals surface area contributed by atoms with Gasteiger partial charge in [0.1, 0.15) is 0 Å². The number of hydrogen-bond donors (Lipinski definition) is 1. The molecule has 1 fully saturated rings. The maximum atomic E-state index is 5.98. The maximum absolute atomic E-state index is 5.98. The minimum atomic E-state index is -0.0152. The first-order valence-electron chi connectivity index (χ1n) is 7.93. The van der Waals surface area contributed by atoms with Crippen molar-refractivity contribution in [2.24, 2.45) is 7.05 Å². The summed E-state index contributed by atoms with van der Waals surface area (Å²) in [5.74, 6) is 0.950. The number of morpholine rings is 1. The average molecular weight is 320 g/mol. The van der Waals surface area contributed by atoms with Gasteiger partial charge < -0.3 is 14.6 Å². The third kappa shape index (κ3) is 3.37. The van der Waals surface area contributed by atoms with Crippen LogP contribution in [0, 0.1) is 0 Å². The van der Waals surface area contributed by atoms with Gasteiger partial charge in [-0.25, -0.2) is 0 Å². The second-order valence-corrected chi connectivity index (χ2v) is 6.21. The molecule has 1 N–H and O–H groups in total. The first kappa shape index (κ1) is 15.9. The van der Waals surface area contributed by atoms with Crippen molar-refractivity contribution in [1.82, 2.24) is 24.8 Å². The molecule has 0 radical (unpaired) electrons. The Morgan fingerprint density at radius 2 is 2.22 bits per heavy atom. The third-order valence-corrected chi connectivity index (χ3v) is 4.18. The van der Waals surface area contributed by atoms with Crippen LogP contribution in [-0.2, 0) is 11.8 Å². The Kier molecular flexibility index (Phi) is 4.63. The van der Waals surface area contributed by atoms with E-state index in [9.17, 15) is 0 Å². The Balaban J connectivity index is 1.70. The predicted octanol–water partition coefficient (Wildman–Crippen LogP) is 1.41. The van der Waals surface area contributed by atoms with Crippen LogP contribution in [0.25, 0.3) is 0 Å². The molecule has 0 aromatic carbocycles. The molecule has 2 atom stereocenters. The van der Waals surface area contributed by atoms with E-state index < -0.39 is 0 Å². The summed E-state index contributed by atoms with van der Waals surface area (Å²) in [6.45, 7) is 6.27. The zero-order valence-corrected chi connectivity index (χ0v) is 14.1. The summed E-state index contributed by atoms with van der Waals surface area (Å²) in [6, 6.07) is 2.61. The average Bonchev–Trinajstić information content (AvgIpc) is 3.14. The van der Waals surface area contributed by atoms with Gasteiger partial charge in [0.25, 0.3) is 0 Å². The molecule has 0 aliphatic carbocycles. The third-order valence-electron chi connectivity index (χ3n) is 4.18. The number of aryl methyl sites for hydroxylation is 1. The van der Waals surface area contributed by atoms with Gasteiger partial charge in [-0.05, 0) is 13.1 Å². The van der Waals surface area contributed by atoms with Gasteiger partial charge in [0, 0.05) is 32.3 Å². The molecule has 0 unspecified atom stereocenters. The molecule has 8 nitrogen and oxygen atoms in total. The van der Waals surface area contributed by atoms with Crippen molar-refractivity contribution in [2.45, 2.75) is 31.9 Å². The van der Waals surface area contributed by atoms with Crippen molar-refractivity contribution in [1.29, 1.82) is 0 Å². The number of anilines is 1. The largest absolute Gasteiger partial charge is 0.373 e. The maximum Gasteiger partial charge on any atom is 0.321 e. The van der Waals surface area contributed by atoms with Gasteiger partial charge in [-0.1, -0.05) is 19.0 Å². The highest BCUT2D eigenvalue weighted by Crippen LogP contribution is 2.28. The number of ether oxygens (including phenoxy) is 1. The molecule has 1 aliphatic heterocycles. The van der Waals surface area contributed by atoms with E-state index in [0.29, 0.717) is 25.0 Å². The van der Waals surface area contributed by atoms with E-state index in [4.69, 9.17) is 9.26 Å². The summed E-state index contributed by atoms with van der Waals surface area (Å²) >= 11 is 0. The molecule has 23 heavy (non-hydrogen) atoms. The number of rotatable bonds is 5. The van der Waals surface area contributed by atoms with E-state index in [1.807, 2.05) is 37.8 Å². The first-order valence-corrected chi connectivity index (χ1v) is 7.93. The summed E-state index contributed by atoms with van der Waals surface area (Å²) in [5, 5.41) is 11.4. The van der Waals surface area contributed by atoms with Gasteiger partial charge in [-0.15, -0.1) is 0 Å². The molecule has 1 saturated heterocycles. The lowest BCUT2D eigenvalue weighted by Gasteiger charge is -2.39. The second-order valence-electron chi connectivity index (χ2n) is 6.21. The molecule has 0 bridgehead atoms. The molecule has 2 aromatic rings. The van der Waals surface area contributed by atoms with Crippen LogP contribution in [0.1, 0.15) is 37.3 Å². The zero-order chi connectivity index (χ0) is 16.4. The van der Waals surface area contributed by atoms with Gasteiger partial charge in [0.15, 0.2) is 5.82 Å². The number of likely N-dealkylation sites (N-methyl/N-ethyl adjacent to an activating group) is 1. The fourth-order valence-corrected chi connectivity index (χ4v) is 2.85. The molecule has 0 spiro atoms. The highest BCUT2D eigenvalue weighted by molar-refractivity contribution is 5.21. The Labute approximate surface area is 135 Å². The second kappa shape index (κ2) is 6.67. The highest BCUT2D eigenvalue weighted by atomic mass is 16.5. The number of nitrogens with zero attached hydrogens (tertiary/aromatic N) is 5. The minimum absolute atomic E-state index is 0.0152. The molecule has 3 heterocycles. The monoisotopic (exact) mass is 320 g/mol. The van der Waals surface area contributed by atoms with Crippen LogP contribution < -0.4 is 5.32 Å². The van der Waals surface area contributed by atoms with Crippen molar-refractivity contribution < 1.29 is 9.26 Å². The smallest absolute Gasteiger partial charge is 0.321 e. The van der Waals surface area contributed by atoms with Crippen molar-refractivity contribution in [3.05, 3.63) is 23.8 Å². The lowest BCUT2D eigenvalue weighted by atomic mass is 10.0. The summed E-state index contributed by atoms with van der Waals surface area (Å²) in [7, 11) is 4.06. The van der Waals surface area contributed by atoms with E-state index in [0.717, 1.165) is 12.2 Å². The summed E-state index contributed by atoms with van der Waals surface area (Å²) in [6.07, 6.45) is 1.80. The lowest BCUT2D eigenvalue weighted by Crippen LogP contribution is -2.46. The summed E-state index contributed by atoms with van der Waals surface area (Å²) in [5.41, 5.74) is 1.13. The van der Waals surface area contributed by atoms with E-state index in [1.54, 1.807) is 0 Å². The van der Waals surface area contributed by atoms with Gasteiger partial charge in [0.05, 0.1) is 24.4 Å². The fourth-order valence-electron chi connectivity index (χ4n) is 2.85.